The molecule has 1 aliphatic rings. The fourth-order valence-electron chi connectivity index (χ4n) is 2.91. The number of nitrogens with zero attached hydrogens (tertiary/aromatic N) is 1. The van der Waals surface area contributed by atoms with Crippen LogP contribution >= 0.6 is 0 Å². The maximum Gasteiger partial charge on any atom is 0.276 e. The molecular formula is C16H27N3O2S. The minimum absolute atomic E-state index is 0.0850. The van der Waals surface area contributed by atoms with E-state index in [0.29, 0.717) is 6.54 Å². The molecule has 1 aromatic rings. The molecule has 1 saturated heterocycles. The Hall–Kier alpha value is -0.950. The maximum atomic E-state index is 11.7. The Morgan fingerprint density at radius 1 is 1.09 bits per heavy atom. The Balaban J connectivity index is 2.17. The zero-order valence-electron chi connectivity index (χ0n) is 13.5. The molecule has 1 aliphatic heterocycles. The van der Waals surface area contributed by atoms with Gasteiger partial charge in [0.05, 0.1) is 0 Å². The van der Waals surface area contributed by atoms with E-state index in [0.717, 1.165) is 13.1 Å². The maximum absolute atomic E-state index is 11.7. The van der Waals surface area contributed by atoms with E-state index in [1.165, 1.54) is 43.9 Å². The molecule has 2 N–H and O–H groups in total. The molecule has 1 aromatic carbocycles. The van der Waals surface area contributed by atoms with Crippen LogP contribution in [0.4, 0.5) is 0 Å². The van der Waals surface area contributed by atoms with Crippen molar-refractivity contribution in [2.45, 2.75) is 38.6 Å². The van der Waals surface area contributed by atoms with Gasteiger partial charge in [-0.1, -0.05) is 42.7 Å². The first-order valence-corrected chi connectivity index (χ1v) is 9.49. The lowest BCUT2D eigenvalue weighted by molar-refractivity contribution is 0.206. The molecule has 2 rings (SSSR count). The van der Waals surface area contributed by atoms with Gasteiger partial charge >= 0.3 is 0 Å². The molecular weight excluding hydrogens is 298 g/mol. The molecule has 0 aliphatic carbocycles. The summed E-state index contributed by atoms with van der Waals surface area (Å²) in [5.74, 6) is 0. The van der Waals surface area contributed by atoms with E-state index in [-0.39, 0.29) is 6.04 Å². The lowest BCUT2D eigenvalue weighted by Crippen LogP contribution is -2.42. The van der Waals surface area contributed by atoms with Gasteiger partial charge in [-0.2, -0.15) is 8.42 Å². The molecule has 6 heteroatoms. The highest BCUT2D eigenvalue weighted by molar-refractivity contribution is 7.87. The summed E-state index contributed by atoms with van der Waals surface area (Å²) in [4.78, 5) is 2.41. The van der Waals surface area contributed by atoms with Crippen molar-refractivity contribution >= 4 is 10.2 Å². The van der Waals surface area contributed by atoms with E-state index in [1.54, 1.807) is 0 Å². The van der Waals surface area contributed by atoms with E-state index in [9.17, 15) is 8.42 Å². The summed E-state index contributed by atoms with van der Waals surface area (Å²) in [7, 11) is -1.98. The van der Waals surface area contributed by atoms with Gasteiger partial charge in [-0.3, -0.25) is 4.90 Å². The second kappa shape index (κ2) is 8.06. The zero-order valence-corrected chi connectivity index (χ0v) is 14.3. The number of aryl methyl sites for hydroxylation is 1. The van der Waals surface area contributed by atoms with E-state index in [1.807, 2.05) is 0 Å². The highest BCUT2D eigenvalue weighted by Gasteiger charge is 2.23. The fraction of sp³-hybridized carbons (Fsp3) is 0.625. The Labute approximate surface area is 134 Å². The summed E-state index contributed by atoms with van der Waals surface area (Å²) in [5, 5.41) is 0. The number of rotatable bonds is 6. The first-order chi connectivity index (χ1) is 10.5. The molecule has 0 radical (unpaired) electrons. The molecule has 0 spiro atoms. The van der Waals surface area contributed by atoms with Gasteiger partial charge in [-0.25, -0.2) is 9.44 Å². The van der Waals surface area contributed by atoms with Gasteiger partial charge < -0.3 is 0 Å². The summed E-state index contributed by atoms with van der Waals surface area (Å²) in [6.07, 6.45) is 4.89. The third-order valence-corrected chi connectivity index (χ3v) is 5.36. The van der Waals surface area contributed by atoms with Gasteiger partial charge in [0.15, 0.2) is 0 Å². The van der Waals surface area contributed by atoms with Crippen LogP contribution in [0.2, 0.25) is 0 Å². The highest BCUT2D eigenvalue weighted by atomic mass is 32.2. The van der Waals surface area contributed by atoms with Crippen LogP contribution in [0.5, 0.6) is 0 Å². The number of hydrogen-bond donors (Lipinski definition) is 2. The van der Waals surface area contributed by atoms with Crippen molar-refractivity contribution in [1.82, 2.24) is 14.3 Å². The quantitative estimate of drug-likeness (QED) is 0.840. The van der Waals surface area contributed by atoms with Gasteiger partial charge in [-0.05, 0) is 38.4 Å². The smallest absolute Gasteiger partial charge is 0.276 e. The van der Waals surface area contributed by atoms with Crippen LogP contribution in [0.15, 0.2) is 24.3 Å². The number of nitrogens with one attached hydrogen (secondary N) is 2. The molecule has 1 fully saturated rings. The minimum Gasteiger partial charge on any atom is -0.295 e. The van der Waals surface area contributed by atoms with Crippen LogP contribution in [0.3, 0.4) is 0 Å². The fourth-order valence-corrected chi connectivity index (χ4v) is 3.44. The Bertz CT molecular complexity index is 549. The van der Waals surface area contributed by atoms with Crippen molar-refractivity contribution < 1.29 is 8.42 Å². The third-order valence-electron chi connectivity index (χ3n) is 4.28. The van der Waals surface area contributed by atoms with Crippen molar-refractivity contribution in [1.29, 1.82) is 0 Å². The molecule has 5 nitrogen and oxygen atoms in total. The first-order valence-electron chi connectivity index (χ1n) is 8.00. The third kappa shape index (κ3) is 5.05. The van der Waals surface area contributed by atoms with Crippen molar-refractivity contribution in [3.63, 3.8) is 0 Å². The normalized spacial score (nSPS) is 18.8. The van der Waals surface area contributed by atoms with Crippen LogP contribution in [-0.4, -0.2) is 40.0 Å². The van der Waals surface area contributed by atoms with Gasteiger partial charge in [0.25, 0.3) is 10.2 Å². The number of benzene rings is 1. The monoisotopic (exact) mass is 325 g/mol. The Kier molecular flexibility index (Phi) is 6.37. The SMILES string of the molecule is CNS(=O)(=O)NCC(c1ccc(C)cc1)N1CCCCCC1. The zero-order chi connectivity index (χ0) is 16.0. The van der Waals surface area contributed by atoms with Gasteiger partial charge in [0.1, 0.15) is 0 Å². The Morgan fingerprint density at radius 3 is 2.23 bits per heavy atom. The van der Waals surface area contributed by atoms with Gasteiger partial charge in [-0.15, -0.1) is 0 Å². The summed E-state index contributed by atoms with van der Waals surface area (Å²) in [5.41, 5.74) is 2.39. The molecule has 22 heavy (non-hydrogen) atoms. The highest BCUT2D eigenvalue weighted by Crippen LogP contribution is 2.24. The van der Waals surface area contributed by atoms with E-state index < -0.39 is 10.2 Å². The largest absolute Gasteiger partial charge is 0.295 e. The predicted molar refractivity (Wildman–Crippen MR) is 89.9 cm³/mol. The van der Waals surface area contributed by atoms with Crippen LogP contribution in [0.25, 0.3) is 0 Å². The second-order valence-electron chi connectivity index (χ2n) is 5.93. The lowest BCUT2D eigenvalue weighted by Gasteiger charge is -2.31. The minimum atomic E-state index is -3.41. The van der Waals surface area contributed by atoms with Crippen molar-refractivity contribution in [3.05, 3.63) is 35.4 Å². The van der Waals surface area contributed by atoms with E-state index in [4.69, 9.17) is 0 Å². The average molecular weight is 325 g/mol. The van der Waals surface area contributed by atoms with Gasteiger partial charge in [0, 0.05) is 19.6 Å². The standard InChI is InChI=1S/C16H27N3O2S/c1-14-7-9-15(10-8-14)16(13-18-22(20,21)17-2)19-11-5-3-4-6-12-19/h7-10,16-18H,3-6,11-13H2,1-2H3. The van der Waals surface area contributed by atoms with Crippen LogP contribution in [0, 0.1) is 6.92 Å². The lowest BCUT2D eigenvalue weighted by atomic mass is 10.0. The molecule has 124 valence electrons. The molecule has 0 aromatic heterocycles. The molecule has 1 heterocycles. The van der Waals surface area contributed by atoms with Crippen molar-refractivity contribution in [2.24, 2.45) is 0 Å². The van der Waals surface area contributed by atoms with Crippen LogP contribution in [-0.2, 0) is 10.2 Å². The first kappa shape index (κ1) is 17.4. The summed E-state index contributed by atoms with van der Waals surface area (Å²) < 4.78 is 28.4. The van der Waals surface area contributed by atoms with E-state index >= 15 is 0 Å². The summed E-state index contributed by atoms with van der Waals surface area (Å²) in [6, 6.07) is 8.48. The van der Waals surface area contributed by atoms with E-state index in [2.05, 4.69) is 45.5 Å². The predicted octanol–water partition coefficient (Wildman–Crippen LogP) is 1.97. The average Bonchev–Trinajstić information content (AvgIpc) is 2.78. The van der Waals surface area contributed by atoms with Crippen molar-refractivity contribution in [2.75, 3.05) is 26.7 Å². The molecule has 0 saturated carbocycles. The number of hydrogen-bond acceptors (Lipinski definition) is 3. The van der Waals surface area contributed by atoms with Crippen LogP contribution in [0.1, 0.15) is 42.9 Å². The molecule has 0 bridgehead atoms. The van der Waals surface area contributed by atoms with Crippen molar-refractivity contribution in [3.8, 4) is 0 Å². The second-order valence-corrected chi connectivity index (χ2v) is 7.64. The number of likely N-dealkylation sites (tertiary alicyclic amines) is 1. The topological polar surface area (TPSA) is 61.4 Å². The van der Waals surface area contributed by atoms with Gasteiger partial charge in [0.2, 0.25) is 0 Å². The van der Waals surface area contributed by atoms with Crippen LogP contribution < -0.4 is 9.44 Å². The Morgan fingerprint density at radius 2 is 1.68 bits per heavy atom. The molecule has 1 unspecified atom stereocenters. The molecule has 1 atom stereocenters. The summed E-state index contributed by atoms with van der Waals surface area (Å²) >= 11 is 0. The molecule has 0 amide bonds. The summed E-state index contributed by atoms with van der Waals surface area (Å²) in [6.45, 7) is 4.51.